The zero-order valence-electron chi connectivity index (χ0n) is 14.7. The second kappa shape index (κ2) is 7.18. The molecule has 24 heavy (non-hydrogen) atoms. The zero-order valence-corrected chi connectivity index (χ0v) is 14.7. The number of esters is 1. The first-order valence-corrected chi connectivity index (χ1v) is 8.49. The maximum absolute atomic E-state index is 11.6. The van der Waals surface area contributed by atoms with E-state index in [1.165, 1.54) is 18.1 Å². The predicted octanol–water partition coefficient (Wildman–Crippen LogP) is 2.47. The summed E-state index contributed by atoms with van der Waals surface area (Å²) >= 11 is 0. The number of hydrogen-bond acceptors (Lipinski definition) is 5. The molecule has 0 amide bonds. The largest absolute Gasteiger partial charge is 0.469 e. The van der Waals surface area contributed by atoms with E-state index in [2.05, 4.69) is 47.1 Å². The van der Waals surface area contributed by atoms with E-state index in [0.29, 0.717) is 0 Å². The third-order valence-corrected chi connectivity index (χ3v) is 4.66. The summed E-state index contributed by atoms with van der Waals surface area (Å²) in [6, 6.07) is 10.6. The van der Waals surface area contributed by atoms with Crippen LogP contribution >= 0.6 is 0 Å². The molecule has 1 fully saturated rings. The highest BCUT2D eigenvalue weighted by Crippen LogP contribution is 2.20. The lowest BCUT2D eigenvalue weighted by Gasteiger charge is -2.36. The van der Waals surface area contributed by atoms with Crippen molar-refractivity contribution in [1.29, 1.82) is 0 Å². The monoisotopic (exact) mass is 327 g/mol. The molecule has 0 spiro atoms. The van der Waals surface area contributed by atoms with E-state index in [4.69, 9.17) is 9.72 Å². The van der Waals surface area contributed by atoms with E-state index in [-0.39, 0.29) is 11.9 Å². The van der Waals surface area contributed by atoms with Crippen LogP contribution in [0.1, 0.15) is 12.5 Å². The summed E-state index contributed by atoms with van der Waals surface area (Å²) in [5, 5.41) is 1.18. The molecule has 128 valence electrons. The van der Waals surface area contributed by atoms with Gasteiger partial charge in [-0.15, -0.1) is 0 Å². The predicted molar refractivity (Wildman–Crippen MR) is 96.3 cm³/mol. The molecule has 2 aromatic rings. The van der Waals surface area contributed by atoms with Crippen molar-refractivity contribution < 1.29 is 9.53 Å². The summed E-state index contributed by atoms with van der Waals surface area (Å²) < 4.78 is 4.81. The molecule has 1 aromatic heterocycles. The lowest BCUT2D eigenvalue weighted by molar-refractivity contribution is -0.145. The highest BCUT2D eigenvalue weighted by Gasteiger charge is 2.22. The number of hydrogen-bond donors (Lipinski definition) is 0. The van der Waals surface area contributed by atoms with Crippen LogP contribution in [0.3, 0.4) is 0 Å². The second-order valence-electron chi connectivity index (χ2n) is 6.58. The molecule has 1 unspecified atom stereocenters. The molecule has 1 aliphatic heterocycles. The van der Waals surface area contributed by atoms with Gasteiger partial charge in [0.1, 0.15) is 5.82 Å². The number of methoxy groups -OCH3 is 1. The molecule has 0 bridgehead atoms. The number of nitrogens with zero attached hydrogens (tertiary/aromatic N) is 3. The van der Waals surface area contributed by atoms with E-state index in [9.17, 15) is 4.79 Å². The number of anilines is 1. The fourth-order valence-corrected chi connectivity index (χ4v) is 3.23. The van der Waals surface area contributed by atoms with E-state index in [0.717, 1.165) is 44.1 Å². The SMILES string of the molecule is COC(=O)C(C)CN1CCN(c2ccc3cc(C)ccc3n2)CC1. The fourth-order valence-electron chi connectivity index (χ4n) is 3.23. The third-order valence-electron chi connectivity index (χ3n) is 4.66. The average Bonchev–Trinajstić information content (AvgIpc) is 2.61. The van der Waals surface area contributed by atoms with Crippen molar-refractivity contribution in [2.75, 3.05) is 44.7 Å². The molecule has 5 nitrogen and oxygen atoms in total. The standard InChI is InChI=1S/C19H25N3O2/c1-14-4-6-17-16(12-14)5-7-18(20-17)22-10-8-21(9-11-22)13-15(2)19(23)24-3/h4-7,12,15H,8-11,13H2,1-3H3. The van der Waals surface area contributed by atoms with Gasteiger partial charge in [-0.1, -0.05) is 18.6 Å². The van der Waals surface area contributed by atoms with Crippen molar-refractivity contribution >= 4 is 22.7 Å². The Labute approximate surface area is 143 Å². The average molecular weight is 327 g/mol. The summed E-state index contributed by atoms with van der Waals surface area (Å²) in [4.78, 5) is 21.0. The van der Waals surface area contributed by atoms with Gasteiger partial charge in [-0.3, -0.25) is 9.69 Å². The van der Waals surface area contributed by atoms with Crippen molar-refractivity contribution in [2.45, 2.75) is 13.8 Å². The van der Waals surface area contributed by atoms with Gasteiger partial charge in [-0.2, -0.15) is 0 Å². The smallest absolute Gasteiger partial charge is 0.309 e. The molecule has 0 aliphatic carbocycles. The molecular formula is C19H25N3O2. The van der Waals surface area contributed by atoms with Crippen LogP contribution in [0.15, 0.2) is 30.3 Å². The summed E-state index contributed by atoms with van der Waals surface area (Å²) in [6.07, 6.45) is 0. The molecule has 1 aromatic carbocycles. The summed E-state index contributed by atoms with van der Waals surface area (Å²) in [5.74, 6) is 0.819. The van der Waals surface area contributed by atoms with E-state index in [1.807, 2.05) is 6.92 Å². The van der Waals surface area contributed by atoms with Crippen LogP contribution in [0.5, 0.6) is 0 Å². The van der Waals surface area contributed by atoms with Crippen LogP contribution < -0.4 is 4.90 Å². The molecular weight excluding hydrogens is 302 g/mol. The molecule has 1 aliphatic rings. The highest BCUT2D eigenvalue weighted by molar-refractivity contribution is 5.81. The fraction of sp³-hybridized carbons (Fsp3) is 0.474. The second-order valence-corrected chi connectivity index (χ2v) is 6.58. The molecule has 0 radical (unpaired) electrons. The highest BCUT2D eigenvalue weighted by atomic mass is 16.5. The maximum Gasteiger partial charge on any atom is 0.309 e. The Morgan fingerprint density at radius 1 is 1.21 bits per heavy atom. The van der Waals surface area contributed by atoms with Crippen LogP contribution in [0.2, 0.25) is 0 Å². The molecule has 2 heterocycles. The minimum atomic E-state index is -0.135. The van der Waals surface area contributed by atoms with Crippen LogP contribution in [0.25, 0.3) is 10.9 Å². The van der Waals surface area contributed by atoms with Gasteiger partial charge in [0.15, 0.2) is 0 Å². The molecule has 5 heteroatoms. The maximum atomic E-state index is 11.6. The third kappa shape index (κ3) is 3.67. The first-order valence-electron chi connectivity index (χ1n) is 8.49. The first-order chi connectivity index (χ1) is 11.6. The van der Waals surface area contributed by atoms with Gasteiger partial charge in [0.2, 0.25) is 0 Å². The number of benzene rings is 1. The lowest BCUT2D eigenvalue weighted by Crippen LogP contribution is -2.48. The van der Waals surface area contributed by atoms with Gasteiger partial charge in [-0.25, -0.2) is 4.98 Å². The normalized spacial score (nSPS) is 17.0. The number of aromatic nitrogens is 1. The van der Waals surface area contributed by atoms with Gasteiger partial charge < -0.3 is 9.64 Å². The molecule has 3 rings (SSSR count). The Balaban J connectivity index is 1.62. The van der Waals surface area contributed by atoms with Crippen molar-refractivity contribution in [1.82, 2.24) is 9.88 Å². The Morgan fingerprint density at radius 2 is 1.96 bits per heavy atom. The number of piperazine rings is 1. The Morgan fingerprint density at radius 3 is 2.67 bits per heavy atom. The van der Waals surface area contributed by atoms with E-state index in [1.54, 1.807) is 0 Å². The number of carbonyl (C=O) groups excluding carboxylic acids is 1. The first kappa shape index (κ1) is 16.7. The number of pyridine rings is 1. The van der Waals surface area contributed by atoms with Crippen molar-refractivity contribution in [2.24, 2.45) is 5.92 Å². The number of carbonyl (C=O) groups is 1. The summed E-state index contributed by atoms with van der Waals surface area (Å²) in [6.45, 7) is 8.51. The summed E-state index contributed by atoms with van der Waals surface area (Å²) in [7, 11) is 1.45. The zero-order chi connectivity index (χ0) is 17.1. The molecule has 0 N–H and O–H groups in total. The van der Waals surface area contributed by atoms with Gasteiger partial charge in [-0.05, 0) is 31.2 Å². The number of ether oxygens (including phenoxy) is 1. The van der Waals surface area contributed by atoms with Crippen LogP contribution in [-0.4, -0.2) is 55.7 Å². The number of fused-ring (bicyclic) bond motifs is 1. The van der Waals surface area contributed by atoms with Crippen LogP contribution in [0.4, 0.5) is 5.82 Å². The minimum absolute atomic E-state index is 0.0800. The van der Waals surface area contributed by atoms with Crippen LogP contribution in [-0.2, 0) is 9.53 Å². The van der Waals surface area contributed by atoms with Crippen molar-refractivity contribution in [3.63, 3.8) is 0 Å². The molecule has 0 saturated carbocycles. The molecule has 1 saturated heterocycles. The Kier molecular flexibility index (Phi) is 5.00. The topological polar surface area (TPSA) is 45.7 Å². The minimum Gasteiger partial charge on any atom is -0.469 e. The van der Waals surface area contributed by atoms with Gasteiger partial charge in [0.25, 0.3) is 0 Å². The van der Waals surface area contributed by atoms with Gasteiger partial charge >= 0.3 is 5.97 Å². The number of rotatable bonds is 4. The van der Waals surface area contributed by atoms with Gasteiger partial charge in [0.05, 0.1) is 18.5 Å². The Hall–Kier alpha value is -2.14. The number of aryl methyl sites for hydroxylation is 1. The summed E-state index contributed by atoms with van der Waals surface area (Å²) in [5.41, 5.74) is 2.30. The van der Waals surface area contributed by atoms with Crippen molar-refractivity contribution in [3.05, 3.63) is 35.9 Å². The van der Waals surface area contributed by atoms with E-state index >= 15 is 0 Å². The van der Waals surface area contributed by atoms with Gasteiger partial charge in [0, 0.05) is 38.1 Å². The van der Waals surface area contributed by atoms with E-state index < -0.39 is 0 Å². The quantitative estimate of drug-likeness (QED) is 0.807. The Bertz CT molecular complexity index is 724. The molecule has 1 atom stereocenters. The lowest BCUT2D eigenvalue weighted by atomic mass is 10.1. The van der Waals surface area contributed by atoms with Crippen LogP contribution in [0, 0.1) is 12.8 Å². The van der Waals surface area contributed by atoms with Crippen molar-refractivity contribution in [3.8, 4) is 0 Å².